The molecule has 0 unspecified atom stereocenters. The van der Waals surface area contributed by atoms with Crippen molar-refractivity contribution in [2.24, 2.45) is 0 Å². The third-order valence-electron chi connectivity index (χ3n) is 3.49. The summed E-state index contributed by atoms with van der Waals surface area (Å²) >= 11 is 0. The lowest BCUT2D eigenvalue weighted by Crippen LogP contribution is -2.44. The van der Waals surface area contributed by atoms with Gasteiger partial charge in [-0.3, -0.25) is 0 Å². The third-order valence-corrected chi connectivity index (χ3v) is 3.49. The lowest BCUT2D eigenvalue weighted by atomic mass is 10.1. The van der Waals surface area contributed by atoms with Crippen LogP contribution in [0, 0.1) is 0 Å². The van der Waals surface area contributed by atoms with Gasteiger partial charge in [0.2, 0.25) is 0 Å². The minimum atomic E-state index is -0.917. The van der Waals surface area contributed by atoms with Gasteiger partial charge in [-0.15, -0.1) is 0 Å². The summed E-state index contributed by atoms with van der Waals surface area (Å²) in [5.41, 5.74) is -1.38. The molecule has 0 rings (SSSR count). The van der Waals surface area contributed by atoms with E-state index < -0.39 is 29.4 Å². The van der Waals surface area contributed by atoms with Crippen molar-refractivity contribution in [3.63, 3.8) is 0 Å². The van der Waals surface area contributed by atoms with E-state index in [9.17, 15) is 14.4 Å². The first kappa shape index (κ1) is 26.0. The number of rotatable bonds is 10. The highest BCUT2D eigenvalue weighted by Gasteiger charge is 2.30. The molecule has 28 heavy (non-hydrogen) atoms. The molecule has 0 atom stereocenters. The second-order valence-electron chi connectivity index (χ2n) is 8.76. The zero-order valence-electron chi connectivity index (χ0n) is 18.2. The zero-order valence-corrected chi connectivity index (χ0v) is 18.2. The van der Waals surface area contributed by atoms with Crippen LogP contribution < -0.4 is 0 Å². The van der Waals surface area contributed by atoms with Crippen molar-refractivity contribution in [1.29, 1.82) is 0 Å². The van der Waals surface area contributed by atoms with E-state index in [0.29, 0.717) is 6.42 Å². The zero-order chi connectivity index (χ0) is 21.8. The maximum atomic E-state index is 12.4. The molecule has 0 spiro atoms. The van der Waals surface area contributed by atoms with Crippen LogP contribution in [0.2, 0.25) is 0 Å². The van der Waals surface area contributed by atoms with Gasteiger partial charge in [0.25, 0.3) is 0 Å². The number of unbranched alkanes of at least 4 members (excludes halogenated alkanes) is 6. The molecule has 7 heteroatoms. The fourth-order valence-corrected chi connectivity index (χ4v) is 2.31. The largest absolute Gasteiger partial charge is 0.478 e. The number of carboxylic acids is 1. The van der Waals surface area contributed by atoms with Crippen LogP contribution in [0.25, 0.3) is 0 Å². The van der Waals surface area contributed by atoms with Crippen LogP contribution in [0.3, 0.4) is 0 Å². The van der Waals surface area contributed by atoms with Gasteiger partial charge in [0.1, 0.15) is 11.2 Å². The minimum Gasteiger partial charge on any atom is -0.478 e. The molecule has 0 aromatic heterocycles. The predicted molar refractivity (Wildman–Crippen MR) is 108 cm³/mol. The molecule has 0 aliphatic carbocycles. The molecule has 0 fully saturated rings. The molecule has 0 saturated heterocycles. The van der Waals surface area contributed by atoms with Crippen LogP contribution >= 0.6 is 0 Å². The van der Waals surface area contributed by atoms with Gasteiger partial charge in [0, 0.05) is 12.6 Å². The van der Waals surface area contributed by atoms with Gasteiger partial charge in [0.15, 0.2) is 0 Å². The fourth-order valence-electron chi connectivity index (χ4n) is 2.31. The van der Waals surface area contributed by atoms with Crippen LogP contribution in [0.4, 0.5) is 9.59 Å². The first-order valence-corrected chi connectivity index (χ1v) is 9.95. The maximum absolute atomic E-state index is 12.4. The van der Waals surface area contributed by atoms with Crippen molar-refractivity contribution in [2.45, 2.75) is 97.7 Å². The van der Waals surface area contributed by atoms with Crippen molar-refractivity contribution in [1.82, 2.24) is 4.90 Å². The lowest BCUT2D eigenvalue weighted by Gasteiger charge is -2.28. The van der Waals surface area contributed by atoms with Gasteiger partial charge < -0.3 is 14.6 Å². The van der Waals surface area contributed by atoms with E-state index in [2.05, 4.69) is 0 Å². The molecular weight excluding hydrogens is 362 g/mol. The second-order valence-corrected chi connectivity index (χ2v) is 8.76. The number of aliphatic carboxylic acids is 1. The summed E-state index contributed by atoms with van der Waals surface area (Å²) in [6.07, 6.45) is 7.76. The van der Waals surface area contributed by atoms with E-state index in [1.54, 1.807) is 47.6 Å². The highest BCUT2D eigenvalue weighted by molar-refractivity contribution is 5.88. The Morgan fingerprint density at radius 2 is 1.21 bits per heavy atom. The number of amides is 2. The third kappa shape index (κ3) is 15.1. The summed E-state index contributed by atoms with van der Waals surface area (Å²) in [5, 5.41) is 8.50. The van der Waals surface area contributed by atoms with E-state index >= 15 is 0 Å². The molecular formula is C21H37NO6. The summed E-state index contributed by atoms with van der Waals surface area (Å²) in [6, 6.07) is 0. The topological polar surface area (TPSA) is 93.1 Å². The van der Waals surface area contributed by atoms with Crippen LogP contribution in [-0.4, -0.2) is 45.9 Å². The smallest absolute Gasteiger partial charge is 0.419 e. The molecule has 0 saturated carbocycles. The molecule has 0 aliphatic heterocycles. The Balaban J connectivity index is 4.33. The SMILES string of the molecule is CC(C)(C)OC(=O)N(CCCCCCCC/C=C/C(=O)O)C(=O)OC(C)(C)C. The second kappa shape index (κ2) is 12.4. The fraction of sp³-hybridized carbons (Fsp3) is 0.762. The Labute approximate surface area is 169 Å². The van der Waals surface area contributed by atoms with Crippen LogP contribution in [-0.2, 0) is 14.3 Å². The summed E-state index contributed by atoms with van der Waals surface area (Å²) in [4.78, 5) is 36.1. The Morgan fingerprint density at radius 1 is 0.786 bits per heavy atom. The van der Waals surface area contributed by atoms with E-state index in [-0.39, 0.29) is 6.54 Å². The number of carbonyl (C=O) groups is 3. The van der Waals surface area contributed by atoms with Gasteiger partial charge >= 0.3 is 18.2 Å². The molecule has 1 N–H and O–H groups in total. The molecule has 0 aliphatic rings. The van der Waals surface area contributed by atoms with Crippen LogP contribution in [0.5, 0.6) is 0 Å². The normalized spacial score (nSPS) is 12.1. The molecule has 0 radical (unpaired) electrons. The van der Waals surface area contributed by atoms with Crippen molar-refractivity contribution in [2.75, 3.05) is 6.54 Å². The summed E-state index contributed by atoms with van der Waals surface area (Å²) < 4.78 is 10.6. The number of imide groups is 1. The number of nitrogens with zero attached hydrogens (tertiary/aromatic N) is 1. The average molecular weight is 400 g/mol. The van der Waals surface area contributed by atoms with Crippen molar-refractivity contribution >= 4 is 18.2 Å². The number of ether oxygens (including phenoxy) is 2. The highest BCUT2D eigenvalue weighted by Crippen LogP contribution is 2.16. The number of hydrogen-bond acceptors (Lipinski definition) is 5. The van der Waals surface area contributed by atoms with Crippen molar-refractivity contribution in [3.8, 4) is 0 Å². The maximum Gasteiger partial charge on any atom is 0.419 e. The van der Waals surface area contributed by atoms with Gasteiger partial charge in [-0.25, -0.2) is 19.3 Å². The molecule has 7 nitrogen and oxygen atoms in total. The number of carboxylic acid groups (broad SMARTS) is 1. The number of hydrogen-bond donors (Lipinski definition) is 1. The lowest BCUT2D eigenvalue weighted by molar-refractivity contribution is -0.131. The molecule has 0 bridgehead atoms. The molecule has 0 heterocycles. The first-order chi connectivity index (χ1) is 12.8. The summed E-state index contributed by atoms with van der Waals surface area (Å²) in [7, 11) is 0. The van der Waals surface area contributed by atoms with Crippen LogP contribution in [0.1, 0.15) is 86.5 Å². The van der Waals surface area contributed by atoms with E-state index in [0.717, 1.165) is 43.4 Å². The Kier molecular flexibility index (Phi) is 11.5. The standard InChI is InChI=1S/C21H37NO6/c1-20(2,3)27-18(25)22(19(26)28-21(4,5)6)16-14-12-10-8-7-9-11-13-15-17(23)24/h13,15H,7-12,14,16H2,1-6H3,(H,23,24)/b15-13+. The van der Waals surface area contributed by atoms with Gasteiger partial charge in [-0.1, -0.05) is 31.8 Å². The molecule has 0 aromatic carbocycles. The molecule has 2 amide bonds. The first-order valence-electron chi connectivity index (χ1n) is 9.95. The monoisotopic (exact) mass is 399 g/mol. The summed E-state index contributed by atoms with van der Waals surface area (Å²) in [6.45, 7) is 10.8. The number of carbonyl (C=O) groups excluding carboxylic acids is 2. The van der Waals surface area contributed by atoms with Crippen molar-refractivity contribution < 1.29 is 29.0 Å². The molecule has 162 valence electrons. The molecule has 0 aromatic rings. The van der Waals surface area contributed by atoms with Crippen LogP contribution in [0.15, 0.2) is 12.2 Å². The van der Waals surface area contributed by atoms with Crippen molar-refractivity contribution in [3.05, 3.63) is 12.2 Å². The predicted octanol–water partition coefficient (Wildman–Crippen LogP) is 5.53. The van der Waals surface area contributed by atoms with Gasteiger partial charge in [-0.2, -0.15) is 0 Å². The Morgan fingerprint density at radius 3 is 1.64 bits per heavy atom. The quantitative estimate of drug-likeness (QED) is 0.383. The highest BCUT2D eigenvalue weighted by atomic mass is 16.6. The minimum absolute atomic E-state index is 0.255. The van der Waals surface area contributed by atoms with E-state index in [1.807, 2.05) is 0 Å². The Bertz CT molecular complexity index is 500. The number of allylic oxidation sites excluding steroid dienone is 1. The Hall–Kier alpha value is -2.05. The van der Waals surface area contributed by atoms with Gasteiger partial charge in [-0.05, 0) is 60.8 Å². The van der Waals surface area contributed by atoms with Gasteiger partial charge in [0.05, 0.1) is 0 Å². The average Bonchev–Trinajstić information content (AvgIpc) is 2.48. The summed E-state index contributed by atoms with van der Waals surface area (Å²) in [5.74, 6) is -0.917. The van der Waals surface area contributed by atoms with E-state index in [4.69, 9.17) is 14.6 Å². The van der Waals surface area contributed by atoms with E-state index in [1.165, 1.54) is 6.08 Å².